The van der Waals surface area contributed by atoms with Crippen LogP contribution in [-0.4, -0.2) is 28.1 Å². The van der Waals surface area contributed by atoms with Gasteiger partial charge in [-0.2, -0.15) is 0 Å². The summed E-state index contributed by atoms with van der Waals surface area (Å²) in [4.78, 5) is 21.1. The number of carboxylic acids is 1. The highest BCUT2D eigenvalue weighted by Crippen LogP contribution is 2.27. The number of hydrogen-bond acceptors (Lipinski definition) is 5. The molecule has 0 heterocycles. The number of benzene rings is 1. The molecule has 7 nitrogen and oxygen atoms in total. The van der Waals surface area contributed by atoms with Crippen molar-refractivity contribution in [2.45, 2.75) is 38.5 Å². The standard InChI is InChI=1S/C13H16N2O5/c1-8(13(16)17)20-12-5-4-11(15(18)19)6-9(12)7-14-10-2-3-10/h4-6,8,10,14H,2-3,7H2,1H3,(H,16,17). The Kier molecular flexibility index (Phi) is 4.19. The van der Waals surface area contributed by atoms with Crippen molar-refractivity contribution in [2.24, 2.45) is 0 Å². The molecule has 2 rings (SSSR count). The third-order valence-electron chi connectivity index (χ3n) is 3.06. The van der Waals surface area contributed by atoms with Gasteiger partial charge in [-0.05, 0) is 25.8 Å². The van der Waals surface area contributed by atoms with E-state index >= 15 is 0 Å². The molecule has 0 saturated heterocycles. The number of nitrogens with zero attached hydrogens (tertiary/aromatic N) is 1. The molecular weight excluding hydrogens is 264 g/mol. The van der Waals surface area contributed by atoms with Gasteiger partial charge in [-0.1, -0.05) is 0 Å². The Hall–Kier alpha value is -2.15. The van der Waals surface area contributed by atoms with Gasteiger partial charge in [-0.25, -0.2) is 4.79 Å². The van der Waals surface area contributed by atoms with Gasteiger partial charge < -0.3 is 15.2 Å². The Labute approximate surface area is 115 Å². The molecule has 1 atom stereocenters. The molecule has 1 aromatic carbocycles. The van der Waals surface area contributed by atoms with Crippen molar-refractivity contribution in [3.05, 3.63) is 33.9 Å². The molecule has 20 heavy (non-hydrogen) atoms. The van der Waals surface area contributed by atoms with E-state index in [1.807, 2.05) is 0 Å². The van der Waals surface area contributed by atoms with Crippen LogP contribution < -0.4 is 10.1 Å². The topological polar surface area (TPSA) is 102 Å². The van der Waals surface area contributed by atoms with E-state index in [1.165, 1.54) is 25.1 Å². The zero-order valence-corrected chi connectivity index (χ0v) is 11.0. The molecule has 0 amide bonds. The van der Waals surface area contributed by atoms with Gasteiger partial charge in [-0.15, -0.1) is 0 Å². The van der Waals surface area contributed by atoms with Gasteiger partial charge in [0.1, 0.15) is 5.75 Å². The third kappa shape index (κ3) is 3.67. The number of aliphatic carboxylic acids is 1. The van der Waals surface area contributed by atoms with Crippen molar-refractivity contribution in [2.75, 3.05) is 0 Å². The Morgan fingerprint density at radius 2 is 2.30 bits per heavy atom. The number of carboxylic acid groups (broad SMARTS) is 1. The molecule has 0 aromatic heterocycles. The van der Waals surface area contributed by atoms with Crippen LogP contribution in [0.5, 0.6) is 5.75 Å². The number of ether oxygens (including phenoxy) is 1. The molecule has 1 fully saturated rings. The number of nitro benzene ring substituents is 1. The molecule has 0 radical (unpaired) electrons. The van der Waals surface area contributed by atoms with Crippen LogP contribution in [0.3, 0.4) is 0 Å². The number of rotatable bonds is 7. The number of carbonyl (C=O) groups is 1. The molecule has 1 aliphatic carbocycles. The first-order valence-corrected chi connectivity index (χ1v) is 6.37. The van der Waals surface area contributed by atoms with Crippen LogP contribution in [-0.2, 0) is 11.3 Å². The maximum Gasteiger partial charge on any atom is 0.344 e. The van der Waals surface area contributed by atoms with Crippen LogP contribution in [0.4, 0.5) is 5.69 Å². The maximum atomic E-state index is 10.8. The van der Waals surface area contributed by atoms with Crippen LogP contribution in [0.15, 0.2) is 18.2 Å². The lowest BCUT2D eigenvalue weighted by atomic mass is 10.1. The fraction of sp³-hybridized carbons (Fsp3) is 0.462. The van der Waals surface area contributed by atoms with E-state index in [0.29, 0.717) is 23.9 Å². The molecule has 0 bridgehead atoms. The second-order valence-electron chi connectivity index (χ2n) is 4.80. The normalized spacial score (nSPS) is 15.7. The first-order valence-electron chi connectivity index (χ1n) is 6.37. The van der Waals surface area contributed by atoms with E-state index in [4.69, 9.17) is 9.84 Å². The largest absolute Gasteiger partial charge is 0.479 e. The van der Waals surface area contributed by atoms with Gasteiger partial charge >= 0.3 is 5.97 Å². The van der Waals surface area contributed by atoms with E-state index in [1.54, 1.807) is 0 Å². The predicted molar refractivity (Wildman–Crippen MR) is 70.7 cm³/mol. The van der Waals surface area contributed by atoms with E-state index < -0.39 is 17.0 Å². The second-order valence-corrected chi connectivity index (χ2v) is 4.80. The van der Waals surface area contributed by atoms with E-state index in [9.17, 15) is 14.9 Å². The highest BCUT2D eigenvalue weighted by atomic mass is 16.6. The predicted octanol–water partition coefficient (Wildman–Crippen LogP) is 1.70. The summed E-state index contributed by atoms with van der Waals surface area (Å²) in [6, 6.07) is 4.62. The van der Waals surface area contributed by atoms with Gasteiger partial charge in [-0.3, -0.25) is 10.1 Å². The van der Waals surface area contributed by atoms with Gasteiger partial charge in [0.2, 0.25) is 0 Å². The average molecular weight is 280 g/mol. The summed E-state index contributed by atoms with van der Waals surface area (Å²) >= 11 is 0. The average Bonchev–Trinajstić information content (AvgIpc) is 3.21. The zero-order chi connectivity index (χ0) is 14.7. The zero-order valence-electron chi connectivity index (χ0n) is 11.0. The first-order chi connectivity index (χ1) is 9.47. The summed E-state index contributed by atoms with van der Waals surface area (Å²) in [6.45, 7) is 1.84. The molecule has 7 heteroatoms. The van der Waals surface area contributed by atoms with Crippen LogP contribution in [0.1, 0.15) is 25.3 Å². The Morgan fingerprint density at radius 3 is 2.85 bits per heavy atom. The molecule has 1 aliphatic rings. The van der Waals surface area contributed by atoms with Gasteiger partial charge in [0.25, 0.3) is 5.69 Å². The monoisotopic (exact) mass is 280 g/mol. The van der Waals surface area contributed by atoms with Gasteiger partial charge in [0.05, 0.1) is 4.92 Å². The Morgan fingerprint density at radius 1 is 1.60 bits per heavy atom. The molecule has 2 N–H and O–H groups in total. The van der Waals surface area contributed by atoms with E-state index in [-0.39, 0.29) is 5.69 Å². The quantitative estimate of drug-likeness (QED) is 0.582. The molecule has 1 aromatic rings. The van der Waals surface area contributed by atoms with Crippen LogP contribution >= 0.6 is 0 Å². The highest BCUT2D eigenvalue weighted by molar-refractivity contribution is 5.72. The lowest BCUT2D eigenvalue weighted by Crippen LogP contribution is -2.24. The molecular formula is C13H16N2O5. The summed E-state index contributed by atoms with van der Waals surface area (Å²) in [5.41, 5.74) is 0.562. The minimum atomic E-state index is -1.08. The number of nitrogens with one attached hydrogen (secondary N) is 1. The molecule has 1 unspecified atom stereocenters. The van der Waals surface area contributed by atoms with Crippen LogP contribution in [0.2, 0.25) is 0 Å². The molecule has 0 aliphatic heterocycles. The summed E-state index contributed by atoms with van der Waals surface area (Å²) in [5, 5.41) is 22.9. The van der Waals surface area contributed by atoms with Crippen molar-refractivity contribution >= 4 is 11.7 Å². The van der Waals surface area contributed by atoms with Crippen molar-refractivity contribution in [1.82, 2.24) is 5.32 Å². The number of non-ortho nitro benzene ring substituents is 1. The molecule has 0 spiro atoms. The smallest absolute Gasteiger partial charge is 0.344 e. The van der Waals surface area contributed by atoms with Crippen LogP contribution in [0.25, 0.3) is 0 Å². The van der Waals surface area contributed by atoms with E-state index in [2.05, 4.69) is 5.32 Å². The SMILES string of the molecule is CC(Oc1ccc([N+](=O)[O-])cc1CNC1CC1)C(=O)O. The first kappa shape index (κ1) is 14.3. The molecule has 1 saturated carbocycles. The Bertz CT molecular complexity index is 527. The highest BCUT2D eigenvalue weighted by Gasteiger charge is 2.22. The van der Waals surface area contributed by atoms with Gasteiger partial charge in [0, 0.05) is 30.3 Å². The van der Waals surface area contributed by atoms with Crippen molar-refractivity contribution in [3.63, 3.8) is 0 Å². The second kappa shape index (κ2) is 5.87. The van der Waals surface area contributed by atoms with Crippen molar-refractivity contribution in [1.29, 1.82) is 0 Å². The number of hydrogen-bond donors (Lipinski definition) is 2. The summed E-state index contributed by atoms with van der Waals surface area (Å²) in [5.74, 6) is -0.719. The molecule has 108 valence electrons. The lowest BCUT2D eigenvalue weighted by Gasteiger charge is -2.14. The third-order valence-corrected chi connectivity index (χ3v) is 3.06. The summed E-state index contributed by atoms with van der Waals surface area (Å²) in [6.07, 6.45) is 1.18. The maximum absolute atomic E-state index is 10.8. The minimum absolute atomic E-state index is 0.0343. The fourth-order valence-electron chi connectivity index (χ4n) is 1.72. The van der Waals surface area contributed by atoms with E-state index in [0.717, 1.165) is 12.8 Å². The van der Waals surface area contributed by atoms with Crippen molar-refractivity contribution < 1.29 is 19.6 Å². The number of nitro groups is 1. The Balaban J connectivity index is 2.18. The van der Waals surface area contributed by atoms with Crippen LogP contribution in [0, 0.1) is 10.1 Å². The fourth-order valence-corrected chi connectivity index (χ4v) is 1.72. The summed E-state index contributed by atoms with van der Waals surface area (Å²) < 4.78 is 5.33. The summed E-state index contributed by atoms with van der Waals surface area (Å²) in [7, 11) is 0. The lowest BCUT2D eigenvalue weighted by molar-refractivity contribution is -0.384. The van der Waals surface area contributed by atoms with Crippen molar-refractivity contribution in [3.8, 4) is 5.75 Å². The minimum Gasteiger partial charge on any atom is -0.479 e. The van der Waals surface area contributed by atoms with Gasteiger partial charge in [0.15, 0.2) is 6.10 Å².